The van der Waals surface area contributed by atoms with Crippen LogP contribution in [0.1, 0.15) is 51.7 Å². The minimum Gasteiger partial charge on any atom is -0.489 e. The average Bonchev–Trinajstić information content (AvgIpc) is 3.65. The summed E-state index contributed by atoms with van der Waals surface area (Å²) < 4.78 is 11.8. The second-order valence-corrected chi connectivity index (χ2v) is 11.4. The third-order valence-electron chi connectivity index (χ3n) is 7.32. The summed E-state index contributed by atoms with van der Waals surface area (Å²) in [5, 5.41) is 26.1. The van der Waals surface area contributed by atoms with Gasteiger partial charge in [0.25, 0.3) is 0 Å². The Hall–Kier alpha value is -3.30. The molecule has 206 valence electrons. The zero-order chi connectivity index (χ0) is 28.2. The van der Waals surface area contributed by atoms with Crippen molar-refractivity contribution in [2.45, 2.75) is 37.9 Å². The van der Waals surface area contributed by atoms with Gasteiger partial charge in [0.1, 0.15) is 35.2 Å². The number of benzene rings is 2. The highest BCUT2D eigenvalue weighted by Crippen LogP contribution is 2.46. The smallest absolute Gasteiger partial charge is 0.337 e. The normalized spacial score (nSPS) is 16.1. The molecule has 1 saturated carbocycles. The Morgan fingerprint density at radius 2 is 1.82 bits per heavy atom. The molecule has 2 N–H and O–H groups in total. The number of β-amino-alcohol motifs (C(OH)–C–C–N with tert-alkyl or cyclic N) is 1. The first kappa shape index (κ1) is 26.9. The highest BCUT2D eigenvalue weighted by atomic mass is 35.5. The Balaban J connectivity index is 1.18. The van der Waals surface area contributed by atoms with Gasteiger partial charge in [-0.05, 0) is 56.2 Å². The number of hydrogen-bond donors (Lipinski definition) is 2. The number of carbonyl (C=O) groups is 1. The van der Waals surface area contributed by atoms with E-state index in [0.717, 1.165) is 24.2 Å². The number of aromatic carboxylic acids is 1. The van der Waals surface area contributed by atoms with Crippen LogP contribution in [0.2, 0.25) is 15.1 Å². The van der Waals surface area contributed by atoms with Crippen LogP contribution >= 0.6 is 34.8 Å². The Morgan fingerprint density at radius 3 is 2.45 bits per heavy atom. The molecular weight excluding hydrogens is 577 g/mol. The van der Waals surface area contributed by atoms with Gasteiger partial charge in [0.15, 0.2) is 0 Å². The summed E-state index contributed by atoms with van der Waals surface area (Å²) in [7, 11) is 0. The number of nitrogens with zero attached hydrogens (tertiary/aromatic N) is 3. The lowest BCUT2D eigenvalue weighted by Gasteiger charge is -2.47. The van der Waals surface area contributed by atoms with Crippen molar-refractivity contribution in [3.05, 3.63) is 91.7 Å². The molecule has 0 radical (unpaired) electrons. The van der Waals surface area contributed by atoms with Crippen molar-refractivity contribution in [3.8, 4) is 17.0 Å². The van der Waals surface area contributed by atoms with Crippen molar-refractivity contribution in [1.82, 2.24) is 10.1 Å². The molecule has 4 aromatic rings. The van der Waals surface area contributed by atoms with E-state index in [1.165, 1.54) is 6.07 Å². The van der Waals surface area contributed by atoms with Crippen molar-refractivity contribution in [3.63, 3.8) is 0 Å². The highest BCUT2D eigenvalue weighted by Gasteiger charge is 2.45. The van der Waals surface area contributed by atoms with Crippen molar-refractivity contribution in [1.29, 1.82) is 0 Å². The molecule has 2 aromatic heterocycles. The van der Waals surface area contributed by atoms with Gasteiger partial charge < -0.3 is 24.4 Å². The van der Waals surface area contributed by atoms with Crippen LogP contribution in [-0.2, 0) is 12.2 Å². The molecule has 0 unspecified atom stereocenters. The van der Waals surface area contributed by atoms with Gasteiger partial charge >= 0.3 is 5.97 Å². The van der Waals surface area contributed by atoms with E-state index in [1.807, 2.05) is 4.90 Å². The first-order chi connectivity index (χ1) is 19.1. The van der Waals surface area contributed by atoms with E-state index in [0.29, 0.717) is 55.1 Å². The number of carboxylic acid groups (broad SMARTS) is 1. The van der Waals surface area contributed by atoms with E-state index in [4.69, 9.17) is 44.1 Å². The fourth-order valence-corrected chi connectivity index (χ4v) is 5.96. The molecule has 8 nitrogen and oxygen atoms in total. The molecule has 2 fully saturated rings. The number of ether oxygens (including phenoxy) is 1. The molecule has 0 bridgehead atoms. The quantitative estimate of drug-likeness (QED) is 0.226. The number of aliphatic hydroxyl groups is 1. The molecule has 40 heavy (non-hydrogen) atoms. The number of hydrogen-bond acceptors (Lipinski definition) is 7. The predicted octanol–water partition coefficient (Wildman–Crippen LogP) is 6.87. The van der Waals surface area contributed by atoms with Gasteiger partial charge in [0.2, 0.25) is 0 Å². The summed E-state index contributed by atoms with van der Waals surface area (Å²) in [6.07, 6.45) is 2.04. The van der Waals surface area contributed by atoms with E-state index in [9.17, 15) is 15.0 Å². The Bertz CT molecular complexity index is 1610. The van der Waals surface area contributed by atoms with Crippen LogP contribution in [0.3, 0.4) is 0 Å². The minimum absolute atomic E-state index is 0.149. The van der Waals surface area contributed by atoms with Gasteiger partial charge in [0.05, 0.1) is 45.0 Å². The topological polar surface area (TPSA) is 109 Å². The van der Waals surface area contributed by atoms with Crippen LogP contribution in [0.5, 0.6) is 5.75 Å². The number of aryl methyl sites for hydroxylation is 1. The zero-order valence-electron chi connectivity index (χ0n) is 21.3. The van der Waals surface area contributed by atoms with Crippen LogP contribution in [0.25, 0.3) is 11.3 Å². The lowest BCUT2D eigenvalue weighted by atomic mass is 9.86. The minimum atomic E-state index is -1.18. The van der Waals surface area contributed by atoms with Crippen LogP contribution in [0.4, 0.5) is 5.82 Å². The summed E-state index contributed by atoms with van der Waals surface area (Å²) in [6, 6.07) is 13.6. The molecule has 1 aliphatic carbocycles. The van der Waals surface area contributed by atoms with E-state index >= 15 is 0 Å². The predicted molar refractivity (Wildman–Crippen MR) is 152 cm³/mol. The second-order valence-electron chi connectivity index (χ2n) is 10.2. The van der Waals surface area contributed by atoms with Gasteiger partial charge in [-0.25, -0.2) is 9.78 Å². The summed E-state index contributed by atoms with van der Waals surface area (Å²) in [5.41, 5.74) is 1.91. The van der Waals surface area contributed by atoms with Crippen molar-refractivity contribution >= 4 is 46.6 Å². The number of aromatic nitrogens is 2. The largest absolute Gasteiger partial charge is 0.489 e. The van der Waals surface area contributed by atoms with E-state index in [1.54, 1.807) is 49.4 Å². The van der Waals surface area contributed by atoms with E-state index < -0.39 is 11.6 Å². The van der Waals surface area contributed by atoms with Gasteiger partial charge in [0, 0.05) is 17.0 Å². The van der Waals surface area contributed by atoms with Gasteiger partial charge in [-0.3, -0.25) is 0 Å². The summed E-state index contributed by atoms with van der Waals surface area (Å²) in [6.45, 7) is 2.35. The van der Waals surface area contributed by atoms with Gasteiger partial charge in [-0.15, -0.1) is 0 Å². The summed E-state index contributed by atoms with van der Waals surface area (Å²) >= 11 is 19.5. The Kier molecular flexibility index (Phi) is 6.91. The highest BCUT2D eigenvalue weighted by molar-refractivity contribution is 6.39. The van der Waals surface area contributed by atoms with Crippen molar-refractivity contribution in [2.24, 2.45) is 0 Å². The monoisotopic (exact) mass is 599 g/mol. The lowest BCUT2D eigenvalue weighted by molar-refractivity contribution is 0.00708. The number of rotatable bonds is 8. The van der Waals surface area contributed by atoms with Gasteiger partial charge in [-0.2, -0.15) is 0 Å². The molecule has 3 heterocycles. The van der Waals surface area contributed by atoms with Crippen LogP contribution in [0.15, 0.2) is 53.1 Å². The van der Waals surface area contributed by atoms with E-state index in [2.05, 4.69) is 10.1 Å². The molecule has 2 aromatic carbocycles. The Labute approximate surface area is 245 Å². The van der Waals surface area contributed by atoms with Crippen LogP contribution in [-0.4, -0.2) is 39.4 Å². The SMILES string of the molecule is Cc1nc(N2CC(O)(c3ccc(OCc4c(-c5c(Cl)cccc5Cl)noc4C4CC4)cc3Cl)C2)ccc1C(=O)O. The second kappa shape index (κ2) is 10.3. The first-order valence-corrected chi connectivity index (χ1v) is 13.8. The standard InChI is InChI=1S/C29H24Cl3N3O5/c1-15-18(28(36)37)8-10-24(33-15)35-13-29(38,14-35)20-9-7-17(11-23(20)32)39-12-19-26(34-40-27(19)16-5-6-16)25-21(30)3-2-4-22(25)31/h2-4,7-11,16,38H,5-6,12-14H2,1H3,(H,36,37). The summed E-state index contributed by atoms with van der Waals surface area (Å²) in [5.74, 6) is 1.16. The molecule has 2 aliphatic rings. The molecule has 1 saturated heterocycles. The zero-order valence-corrected chi connectivity index (χ0v) is 23.6. The molecular formula is C29H24Cl3N3O5. The maximum Gasteiger partial charge on any atom is 0.337 e. The number of pyridine rings is 1. The number of anilines is 1. The molecule has 0 amide bonds. The van der Waals surface area contributed by atoms with Gasteiger partial charge in [-0.1, -0.05) is 52.1 Å². The van der Waals surface area contributed by atoms with E-state index in [-0.39, 0.29) is 25.3 Å². The lowest BCUT2D eigenvalue weighted by Crippen LogP contribution is -2.60. The molecule has 0 spiro atoms. The third-order valence-corrected chi connectivity index (χ3v) is 8.26. The molecule has 6 rings (SSSR count). The summed E-state index contributed by atoms with van der Waals surface area (Å²) in [4.78, 5) is 17.5. The fraction of sp³-hybridized carbons (Fsp3) is 0.276. The van der Waals surface area contributed by atoms with Crippen molar-refractivity contribution < 1.29 is 24.3 Å². The van der Waals surface area contributed by atoms with Crippen LogP contribution < -0.4 is 9.64 Å². The fourth-order valence-electron chi connectivity index (χ4n) is 5.03. The third kappa shape index (κ3) is 4.90. The number of halogens is 3. The molecule has 0 atom stereocenters. The maximum absolute atomic E-state index is 11.3. The molecule has 1 aliphatic heterocycles. The van der Waals surface area contributed by atoms with Crippen LogP contribution in [0, 0.1) is 6.92 Å². The molecule has 11 heteroatoms. The Morgan fingerprint density at radius 1 is 1.10 bits per heavy atom. The van der Waals surface area contributed by atoms with Crippen molar-refractivity contribution in [2.75, 3.05) is 18.0 Å². The average molecular weight is 601 g/mol. The number of carboxylic acids is 1. The first-order valence-electron chi connectivity index (χ1n) is 12.7. The maximum atomic E-state index is 11.3.